The fourth-order valence-corrected chi connectivity index (χ4v) is 4.84. The molecule has 0 fully saturated rings. The molecule has 0 radical (unpaired) electrons. The van der Waals surface area contributed by atoms with Gasteiger partial charge in [0.05, 0.1) is 12.2 Å². The Labute approximate surface area is 213 Å². The predicted octanol–water partition coefficient (Wildman–Crippen LogP) is 6.35. The van der Waals surface area contributed by atoms with Gasteiger partial charge in [-0.2, -0.15) is 13.2 Å². The van der Waals surface area contributed by atoms with E-state index in [0.29, 0.717) is 28.0 Å². The first-order chi connectivity index (χ1) is 17.7. The third-order valence-corrected chi connectivity index (χ3v) is 6.90. The Morgan fingerprint density at radius 1 is 0.811 bits per heavy atom. The number of rotatable bonds is 10. The minimum Gasteiger partial charge on any atom is -0.489 e. The van der Waals surface area contributed by atoms with Crippen molar-refractivity contribution in [2.45, 2.75) is 19.3 Å². The van der Waals surface area contributed by atoms with Crippen molar-refractivity contribution in [3.05, 3.63) is 115 Å². The number of nitrogens with zero attached hydrogens (tertiary/aromatic N) is 2. The van der Waals surface area contributed by atoms with Crippen LogP contribution in [-0.4, -0.2) is 25.3 Å². The average Bonchev–Trinajstić information content (AvgIpc) is 2.87. The van der Waals surface area contributed by atoms with Crippen molar-refractivity contribution >= 4 is 15.7 Å². The smallest absolute Gasteiger partial charge is 0.404 e. The first kappa shape index (κ1) is 26.0. The lowest BCUT2D eigenvalue weighted by atomic mass is 10.2. The number of alkyl halides is 3. The highest BCUT2D eigenvalue weighted by atomic mass is 32.2. The monoisotopic (exact) mass is 528 g/mol. The molecule has 6 nitrogen and oxygen atoms in total. The summed E-state index contributed by atoms with van der Waals surface area (Å²) in [6.07, 6.45) is -2.08. The molecule has 3 aromatic carbocycles. The number of hydrogen-bond acceptors (Lipinski definition) is 5. The molecular formula is C27H23F3N2O4S. The average molecular weight is 529 g/mol. The number of anilines is 1. The Kier molecular flexibility index (Phi) is 7.98. The number of hydrogen-bond donors (Lipinski definition) is 0. The van der Waals surface area contributed by atoms with Gasteiger partial charge in [0.1, 0.15) is 23.9 Å². The summed E-state index contributed by atoms with van der Waals surface area (Å²) >= 11 is 0. The second kappa shape index (κ2) is 11.3. The van der Waals surface area contributed by atoms with Gasteiger partial charge >= 0.3 is 6.18 Å². The molecule has 4 aromatic rings. The van der Waals surface area contributed by atoms with E-state index < -0.39 is 28.5 Å². The first-order valence-corrected chi connectivity index (χ1v) is 12.8. The van der Waals surface area contributed by atoms with Crippen molar-refractivity contribution in [2.24, 2.45) is 0 Å². The number of aromatic nitrogens is 1. The van der Waals surface area contributed by atoms with Crippen LogP contribution in [0, 0.1) is 0 Å². The van der Waals surface area contributed by atoms with Crippen LogP contribution in [0.15, 0.2) is 103 Å². The maximum absolute atomic E-state index is 13.1. The van der Waals surface area contributed by atoms with Crippen molar-refractivity contribution in [2.75, 3.05) is 10.1 Å². The van der Waals surface area contributed by atoms with Gasteiger partial charge in [0.2, 0.25) is 10.0 Å². The van der Waals surface area contributed by atoms with Gasteiger partial charge in [0.25, 0.3) is 0 Å². The zero-order chi connectivity index (χ0) is 26.3. The second-order valence-corrected chi connectivity index (χ2v) is 9.94. The molecule has 37 heavy (non-hydrogen) atoms. The van der Waals surface area contributed by atoms with E-state index in [4.69, 9.17) is 9.47 Å². The lowest BCUT2D eigenvalue weighted by molar-refractivity contribution is -0.106. The molecule has 0 aliphatic rings. The Morgan fingerprint density at radius 3 is 2.08 bits per heavy atom. The molecule has 0 saturated heterocycles. The summed E-state index contributed by atoms with van der Waals surface area (Å²) in [5.41, 5.74) is 1.41. The highest BCUT2D eigenvalue weighted by Gasteiger charge is 2.39. The molecule has 0 atom stereocenters. The minimum absolute atomic E-state index is 0.0986. The summed E-state index contributed by atoms with van der Waals surface area (Å²) in [5, 5.41) is 0. The van der Waals surface area contributed by atoms with E-state index in [2.05, 4.69) is 4.98 Å². The highest BCUT2D eigenvalue weighted by Crippen LogP contribution is 2.31. The molecule has 0 spiro atoms. The fourth-order valence-electron chi connectivity index (χ4n) is 3.49. The van der Waals surface area contributed by atoms with Crippen LogP contribution in [0.1, 0.15) is 11.1 Å². The van der Waals surface area contributed by atoms with Crippen LogP contribution in [-0.2, 0) is 23.2 Å². The van der Waals surface area contributed by atoms with Crippen molar-refractivity contribution in [1.29, 1.82) is 0 Å². The molecular weight excluding hydrogens is 505 g/mol. The standard InChI is InChI=1S/C27H23F3N2O4S/c28-27(29,30)20-37(33,34)32(23-9-5-2-6-10-23)18-22-17-31-16-15-26(22)36-25-13-11-24(12-14-25)35-19-21-7-3-1-4-8-21/h1-17H,18-20H2. The summed E-state index contributed by atoms with van der Waals surface area (Å²) in [4.78, 5) is 4.01. The number of halogens is 3. The topological polar surface area (TPSA) is 68.7 Å². The van der Waals surface area contributed by atoms with Gasteiger partial charge in [0.15, 0.2) is 5.75 Å². The lowest BCUT2D eigenvalue weighted by Gasteiger charge is -2.26. The minimum atomic E-state index is -4.90. The number of para-hydroxylation sites is 1. The zero-order valence-corrected chi connectivity index (χ0v) is 20.3. The van der Waals surface area contributed by atoms with E-state index in [1.807, 2.05) is 30.3 Å². The van der Waals surface area contributed by atoms with Crippen LogP contribution in [0.4, 0.5) is 18.9 Å². The quantitative estimate of drug-likeness (QED) is 0.240. The van der Waals surface area contributed by atoms with Crippen molar-refractivity contribution in [3.8, 4) is 17.2 Å². The summed E-state index contributed by atoms with van der Waals surface area (Å²) in [6, 6.07) is 25.6. The van der Waals surface area contributed by atoms with E-state index in [9.17, 15) is 21.6 Å². The van der Waals surface area contributed by atoms with Gasteiger partial charge in [-0.1, -0.05) is 48.5 Å². The van der Waals surface area contributed by atoms with Crippen LogP contribution in [0.5, 0.6) is 17.2 Å². The Bertz CT molecular complexity index is 1400. The van der Waals surface area contributed by atoms with Crippen LogP contribution in [0.25, 0.3) is 0 Å². The maximum Gasteiger partial charge on any atom is 0.404 e. The summed E-state index contributed by atoms with van der Waals surface area (Å²) in [6.45, 7) is 0.00113. The van der Waals surface area contributed by atoms with E-state index in [0.717, 1.165) is 5.56 Å². The summed E-state index contributed by atoms with van der Waals surface area (Å²) < 4.78 is 77.1. The molecule has 10 heteroatoms. The van der Waals surface area contributed by atoms with Crippen LogP contribution in [0.2, 0.25) is 0 Å². The molecule has 0 N–H and O–H groups in total. The van der Waals surface area contributed by atoms with E-state index in [-0.39, 0.29) is 11.4 Å². The summed E-state index contributed by atoms with van der Waals surface area (Å²) in [7, 11) is -4.75. The molecule has 0 unspecified atom stereocenters. The van der Waals surface area contributed by atoms with Crippen molar-refractivity contribution in [3.63, 3.8) is 0 Å². The van der Waals surface area contributed by atoms with Gasteiger partial charge in [-0.15, -0.1) is 0 Å². The van der Waals surface area contributed by atoms with Crippen molar-refractivity contribution < 1.29 is 31.1 Å². The van der Waals surface area contributed by atoms with E-state index in [1.165, 1.54) is 30.6 Å². The molecule has 0 aliphatic carbocycles. The van der Waals surface area contributed by atoms with Gasteiger partial charge in [-0.05, 0) is 48.0 Å². The molecule has 1 aromatic heterocycles. The number of sulfonamides is 1. The number of benzene rings is 3. The van der Waals surface area contributed by atoms with Crippen LogP contribution >= 0.6 is 0 Å². The maximum atomic E-state index is 13.1. The van der Waals surface area contributed by atoms with Crippen LogP contribution in [0.3, 0.4) is 0 Å². The van der Waals surface area contributed by atoms with E-state index >= 15 is 0 Å². The first-order valence-electron chi connectivity index (χ1n) is 11.2. The third kappa shape index (κ3) is 7.47. The van der Waals surface area contributed by atoms with Gasteiger partial charge in [0, 0.05) is 18.0 Å². The molecule has 1 heterocycles. The normalized spacial score (nSPS) is 11.6. The third-order valence-electron chi connectivity index (χ3n) is 5.20. The summed E-state index contributed by atoms with van der Waals surface area (Å²) in [5.74, 6) is -0.671. The van der Waals surface area contributed by atoms with Crippen molar-refractivity contribution in [1.82, 2.24) is 4.98 Å². The number of pyridine rings is 1. The fraction of sp³-hybridized carbons (Fsp3) is 0.148. The lowest BCUT2D eigenvalue weighted by Crippen LogP contribution is -2.37. The highest BCUT2D eigenvalue weighted by molar-refractivity contribution is 7.92. The Morgan fingerprint density at radius 2 is 1.43 bits per heavy atom. The van der Waals surface area contributed by atoms with Gasteiger partial charge < -0.3 is 9.47 Å². The predicted molar refractivity (Wildman–Crippen MR) is 134 cm³/mol. The van der Waals surface area contributed by atoms with Crippen LogP contribution < -0.4 is 13.8 Å². The SMILES string of the molecule is O=S(=O)(CC(F)(F)F)N(Cc1cnccc1Oc1ccc(OCc2ccccc2)cc1)c1ccccc1. The Balaban J connectivity index is 1.52. The Hall–Kier alpha value is -4.05. The van der Waals surface area contributed by atoms with Gasteiger partial charge in [-0.3, -0.25) is 9.29 Å². The molecule has 0 aliphatic heterocycles. The zero-order valence-electron chi connectivity index (χ0n) is 19.5. The van der Waals surface area contributed by atoms with Gasteiger partial charge in [-0.25, -0.2) is 8.42 Å². The largest absolute Gasteiger partial charge is 0.489 e. The molecule has 4 rings (SSSR count). The number of ether oxygens (including phenoxy) is 2. The second-order valence-electron chi connectivity index (χ2n) is 8.04. The molecule has 0 saturated carbocycles. The molecule has 192 valence electrons. The molecule has 0 amide bonds. The molecule has 0 bridgehead atoms. The van der Waals surface area contributed by atoms with E-state index in [1.54, 1.807) is 42.5 Å².